The maximum absolute atomic E-state index is 12.6. The van der Waals surface area contributed by atoms with Crippen molar-refractivity contribution >= 4 is 10.0 Å². The Morgan fingerprint density at radius 2 is 1.48 bits per heavy atom. The topological polar surface area (TPSA) is 46.6 Å². The van der Waals surface area contributed by atoms with Gasteiger partial charge < -0.3 is 4.74 Å². The van der Waals surface area contributed by atoms with Crippen molar-refractivity contribution in [1.29, 1.82) is 0 Å². The molecule has 4 nitrogen and oxygen atoms in total. The summed E-state index contributed by atoms with van der Waals surface area (Å²) in [6.07, 6.45) is 0.973. The van der Waals surface area contributed by atoms with Crippen molar-refractivity contribution in [2.45, 2.75) is 31.7 Å². The smallest absolute Gasteiger partial charge is 0.243 e. The van der Waals surface area contributed by atoms with Gasteiger partial charge in [-0.2, -0.15) is 4.31 Å². The highest BCUT2D eigenvalue weighted by Crippen LogP contribution is 2.20. The Balaban J connectivity index is 2.13. The van der Waals surface area contributed by atoms with Gasteiger partial charge in [-0.25, -0.2) is 8.42 Å². The summed E-state index contributed by atoms with van der Waals surface area (Å²) in [4.78, 5) is 0.272. The zero-order valence-electron chi connectivity index (χ0n) is 13.8. The van der Waals surface area contributed by atoms with Crippen molar-refractivity contribution in [2.24, 2.45) is 0 Å². The maximum atomic E-state index is 12.6. The lowest BCUT2D eigenvalue weighted by Gasteiger charge is -2.17. The Kier molecular flexibility index (Phi) is 5.80. The fourth-order valence-corrected chi connectivity index (χ4v) is 3.44. The average Bonchev–Trinajstić information content (AvgIpc) is 2.56. The standard InChI is InChI=1S/C18H23NO3S/c1-4-15-6-8-16(9-7-15)14-19(3)23(20,21)18-12-10-17(11-13-18)22-5-2/h6-13H,4-5,14H2,1-3H3. The lowest BCUT2D eigenvalue weighted by atomic mass is 10.1. The van der Waals surface area contributed by atoms with Gasteiger partial charge in [-0.3, -0.25) is 0 Å². The van der Waals surface area contributed by atoms with E-state index in [0.29, 0.717) is 18.9 Å². The minimum atomic E-state index is -3.51. The van der Waals surface area contributed by atoms with E-state index in [9.17, 15) is 8.42 Å². The van der Waals surface area contributed by atoms with Crippen LogP contribution in [0.15, 0.2) is 53.4 Å². The van der Waals surface area contributed by atoms with E-state index in [-0.39, 0.29) is 4.90 Å². The van der Waals surface area contributed by atoms with E-state index in [1.54, 1.807) is 31.3 Å². The molecular weight excluding hydrogens is 310 g/mol. The quantitative estimate of drug-likeness (QED) is 0.779. The highest BCUT2D eigenvalue weighted by Gasteiger charge is 2.20. The summed E-state index contributed by atoms with van der Waals surface area (Å²) in [5.74, 6) is 0.671. The van der Waals surface area contributed by atoms with Gasteiger partial charge in [0.1, 0.15) is 5.75 Å². The van der Waals surface area contributed by atoms with Crippen LogP contribution in [0.4, 0.5) is 0 Å². The Labute approximate surface area is 138 Å². The van der Waals surface area contributed by atoms with E-state index < -0.39 is 10.0 Å². The van der Waals surface area contributed by atoms with E-state index in [0.717, 1.165) is 12.0 Å². The van der Waals surface area contributed by atoms with Gasteiger partial charge in [-0.1, -0.05) is 31.2 Å². The first-order valence-electron chi connectivity index (χ1n) is 7.74. The Bertz CT molecular complexity index is 722. The first-order chi connectivity index (χ1) is 11.0. The summed E-state index contributed by atoms with van der Waals surface area (Å²) in [6.45, 7) is 4.89. The summed E-state index contributed by atoms with van der Waals surface area (Å²) in [7, 11) is -1.91. The number of aryl methyl sites for hydroxylation is 1. The van der Waals surface area contributed by atoms with Gasteiger partial charge in [0, 0.05) is 13.6 Å². The fourth-order valence-electron chi connectivity index (χ4n) is 2.28. The van der Waals surface area contributed by atoms with Gasteiger partial charge in [0.15, 0.2) is 0 Å². The van der Waals surface area contributed by atoms with Crippen LogP contribution in [0.2, 0.25) is 0 Å². The largest absolute Gasteiger partial charge is 0.494 e. The molecule has 2 aromatic carbocycles. The minimum absolute atomic E-state index is 0.272. The van der Waals surface area contributed by atoms with Crippen LogP contribution in [0.1, 0.15) is 25.0 Å². The van der Waals surface area contributed by atoms with Gasteiger partial charge in [0.2, 0.25) is 10.0 Å². The van der Waals surface area contributed by atoms with Crippen LogP contribution in [0, 0.1) is 0 Å². The second-order valence-corrected chi connectivity index (χ2v) is 7.38. The fraction of sp³-hybridized carbons (Fsp3) is 0.333. The molecule has 5 heteroatoms. The van der Waals surface area contributed by atoms with Crippen molar-refractivity contribution in [3.8, 4) is 5.75 Å². The van der Waals surface area contributed by atoms with Crippen molar-refractivity contribution in [3.05, 3.63) is 59.7 Å². The van der Waals surface area contributed by atoms with Gasteiger partial charge in [0.05, 0.1) is 11.5 Å². The molecule has 0 aromatic heterocycles. The molecule has 124 valence electrons. The van der Waals surface area contributed by atoms with Crippen molar-refractivity contribution in [2.75, 3.05) is 13.7 Å². The van der Waals surface area contributed by atoms with E-state index in [2.05, 4.69) is 6.92 Å². The number of nitrogens with zero attached hydrogens (tertiary/aromatic N) is 1. The predicted octanol–water partition coefficient (Wildman–Crippen LogP) is 3.47. The monoisotopic (exact) mass is 333 g/mol. The maximum Gasteiger partial charge on any atom is 0.243 e. The molecule has 2 aromatic rings. The molecule has 0 aliphatic heterocycles. The molecule has 0 spiro atoms. The molecule has 0 saturated carbocycles. The molecule has 0 bridgehead atoms. The minimum Gasteiger partial charge on any atom is -0.494 e. The number of sulfonamides is 1. The molecular formula is C18H23NO3S. The summed E-state index contributed by atoms with van der Waals surface area (Å²) < 4.78 is 31.9. The SMILES string of the molecule is CCOc1ccc(S(=O)(=O)N(C)Cc2ccc(CC)cc2)cc1. The highest BCUT2D eigenvalue weighted by molar-refractivity contribution is 7.89. The number of benzene rings is 2. The molecule has 0 heterocycles. The molecule has 2 rings (SSSR count). The second kappa shape index (κ2) is 7.62. The Morgan fingerprint density at radius 3 is 2.00 bits per heavy atom. The van der Waals surface area contributed by atoms with Crippen molar-refractivity contribution < 1.29 is 13.2 Å². The van der Waals surface area contributed by atoms with Crippen LogP contribution in [-0.2, 0) is 23.0 Å². The molecule has 0 atom stereocenters. The van der Waals surface area contributed by atoms with Crippen molar-refractivity contribution in [1.82, 2.24) is 4.31 Å². The van der Waals surface area contributed by atoms with Crippen LogP contribution < -0.4 is 4.74 Å². The van der Waals surface area contributed by atoms with Crippen molar-refractivity contribution in [3.63, 3.8) is 0 Å². The lowest BCUT2D eigenvalue weighted by Crippen LogP contribution is -2.26. The number of rotatable bonds is 7. The van der Waals surface area contributed by atoms with E-state index in [4.69, 9.17) is 4.74 Å². The van der Waals surface area contributed by atoms with E-state index >= 15 is 0 Å². The van der Waals surface area contributed by atoms with E-state index in [1.807, 2.05) is 31.2 Å². The highest BCUT2D eigenvalue weighted by atomic mass is 32.2. The van der Waals surface area contributed by atoms with Gasteiger partial charge >= 0.3 is 0 Å². The lowest BCUT2D eigenvalue weighted by molar-refractivity contribution is 0.340. The Hall–Kier alpha value is -1.85. The third kappa shape index (κ3) is 4.33. The summed E-state index contributed by atoms with van der Waals surface area (Å²) >= 11 is 0. The van der Waals surface area contributed by atoms with Crippen LogP contribution in [0.25, 0.3) is 0 Å². The third-order valence-electron chi connectivity index (χ3n) is 3.68. The number of ether oxygens (including phenoxy) is 1. The molecule has 0 aliphatic carbocycles. The number of hydrogen-bond acceptors (Lipinski definition) is 3. The molecule has 0 aliphatic rings. The predicted molar refractivity (Wildman–Crippen MR) is 92.1 cm³/mol. The molecule has 0 amide bonds. The zero-order valence-corrected chi connectivity index (χ0v) is 14.6. The van der Waals surface area contributed by atoms with Crippen LogP contribution in [0.3, 0.4) is 0 Å². The summed E-state index contributed by atoms with van der Waals surface area (Å²) in [5.41, 5.74) is 2.21. The van der Waals surface area contributed by atoms with Crippen LogP contribution in [0.5, 0.6) is 5.75 Å². The average molecular weight is 333 g/mol. The molecule has 0 unspecified atom stereocenters. The second-order valence-electron chi connectivity index (χ2n) is 5.34. The number of hydrogen-bond donors (Lipinski definition) is 0. The summed E-state index contributed by atoms with van der Waals surface area (Å²) in [5, 5.41) is 0. The van der Waals surface area contributed by atoms with Gasteiger partial charge in [-0.15, -0.1) is 0 Å². The zero-order chi connectivity index (χ0) is 16.9. The first kappa shape index (κ1) is 17.5. The third-order valence-corrected chi connectivity index (χ3v) is 5.50. The molecule has 0 N–H and O–H groups in total. The Morgan fingerprint density at radius 1 is 0.913 bits per heavy atom. The molecule has 0 fully saturated rings. The molecule has 0 radical (unpaired) electrons. The van der Waals surface area contributed by atoms with Gasteiger partial charge in [0.25, 0.3) is 0 Å². The molecule has 0 saturated heterocycles. The normalized spacial score (nSPS) is 11.7. The van der Waals surface area contributed by atoms with Crippen LogP contribution in [-0.4, -0.2) is 26.4 Å². The van der Waals surface area contributed by atoms with Crippen LogP contribution >= 0.6 is 0 Å². The molecule has 23 heavy (non-hydrogen) atoms. The van der Waals surface area contributed by atoms with Gasteiger partial charge in [-0.05, 0) is 48.7 Å². The first-order valence-corrected chi connectivity index (χ1v) is 9.18. The van der Waals surface area contributed by atoms with E-state index in [1.165, 1.54) is 9.87 Å². The summed E-state index contributed by atoms with van der Waals surface area (Å²) in [6, 6.07) is 14.5.